The van der Waals surface area contributed by atoms with Gasteiger partial charge in [0.2, 0.25) is 0 Å². The van der Waals surface area contributed by atoms with Crippen molar-refractivity contribution in [3.63, 3.8) is 0 Å². The van der Waals surface area contributed by atoms with Crippen molar-refractivity contribution in [2.24, 2.45) is 11.7 Å². The molecule has 1 heterocycles. The van der Waals surface area contributed by atoms with Gasteiger partial charge in [-0.05, 0) is 43.4 Å². The number of rotatable bonds is 1. The van der Waals surface area contributed by atoms with Crippen LogP contribution in [0.3, 0.4) is 0 Å². The maximum atomic E-state index is 5.76. The highest BCUT2D eigenvalue weighted by Crippen LogP contribution is 2.31. The maximum Gasteiger partial charge on any atom is 0.0458 e. The molecule has 2 aromatic rings. The molecule has 1 aromatic heterocycles. The van der Waals surface area contributed by atoms with Gasteiger partial charge < -0.3 is 10.7 Å². The minimum absolute atomic E-state index is 0.678. The minimum Gasteiger partial charge on any atom is -0.358 e. The van der Waals surface area contributed by atoms with Gasteiger partial charge in [-0.1, -0.05) is 18.2 Å². The smallest absolute Gasteiger partial charge is 0.0458 e. The molecule has 3 rings (SSSR count). The number of nitrogens with two attached hydrogens (primary N) is 1. The summed E-state index contributed by atoms with van der Waals surface area (Å²) in [6, 6.07) is 8.57. The Labute approximate surface area is 89.5 Å². The second-order valence-electron chi connectivity index (χ2n) is 4.47. The number of aryl methyl sites for hydroxylation is 1. The third-order valence-corrected chi connectivity index (χ3v) is 3.53. The van der Waals surface area contributed by atoms with Gasteiger partial charge >= 0.3 is 0 Å². The summed E-state index contributed by atoms with van der Waals surface area (Å²) in [5, 5.41) is 1.39. The summed E-state index contributed by atoms with van der Waals surface area (Å²) in [5.41, 5.74) is 9.98. The van der Waals surface area contributed by atoms with Crippen molar-refractivity contribution in [3.05, 3.63) is 35.5 Å². The number of hydrogen-bond acceptors (Lipinski definition) is 1. The van der Waals surface area contributed by atoms with E-state index in [-0.39, 0.29) is 0 Å². The van der Waals surface area contributed by atoms with Gasteiger partial charge in [0.05, 0.1) is 0 Å². The van der Waals surface area contributed by atoms with Gasteiger partial charge in [-0.25, -0.2) is 0 Å². The van der Waals surface area contributed by atoms with Crippen molar-refractivity contribution in [1.82, 2.24) is 4.98 Å². The number of H-pyrrole nitrogens is 1. The van der Waals surface area contributed by atoms with E-state index in [1.807, 2.05) is 0 Å². The van der Waals surface area contributed by atoms with Crippen LogP contribution in [0.4, 0.5) is 0 Å². The van der Waals surface area contributed by atoms with Gasteiger partial charge in [0.25, 0.3) is 0 Å². The van der Waals surface area contributed by atoms with E-state index in [4.69, 9.17) is 5.73 Å². The molecular weight excluding hydrogens is 184 g/mol. The molecule has 0 saturated carbocycles. The zero-order valence-electron chi connectivity index (χ0n) is 8.79. The molecule has 3 N–H and O–H groups in total. The lowest BCUT2D eigenvalue weighted by Gasteiger charge is -2.20. The molecule has 0 spiro atoms. The standard InChI is InChI=1S/C13H16N2/c14-8-9-5-6-13-11(7-9)10-3-1-2-4-12(10)15-13/h1-4,9,15H,5-8,14H2/t9-/m0/s1. The van der Waals surface area contributed by atoms with Gasteiger partial charge in [-0.15, -0.1) is 0 Å². The van der Waals surface area contributed by atoms with Crippen LogP contribution in [0.15, 0.2) is 24.3 Å². The molecule has 0 unspecified atom stereocenters. The molecule has 1 atom stereocenters. The van der Waals surface area contributed by atoms with Crippen molar-refractivity contribution in [1.29, 1.82) is 0 Å². The van der Waals surface area contributed by atoms with Crippen LogP contribution in [-0.2, 0) is 12.8 Å². The van der Waals surface area contributed by atoms with E-state index in [2.05, 4.69) is 29.2 Å². The van der Waals surface area contributed by atoms with Crippen LogP contribution in [0.5, 0.6) is 0 Å². The Morgan fingerprint density at radius 1 is 1.33 bits per heavy atom. The number of aromatic nitrogens is 1. The predicted octanol–water partition coefficient (Wildman–Crippen LogP) is 2.23. The van der Waals surface area contributed by atoms with Crippen LogP contribution in [0.1, 0.15) is 17.7 Å². The average Bonchev–Trinajstić information content (AvgIpc) is 2.66. The normalized spacial score (nSPS) is 20.5. The first-order valence-electron chi connectivity index (χ1n) is 5.67. The van der Waals surface area contributed by atoms with E-state index in [0.717, 1.165) is 19.4 Å². The van der Waals surface area contributed by atoms with Crippen LogP contribution in [-0.4, -0.2) is 11.5 Å². The minimum atomic E-state index is 0.678. The summed E-state index contributed by atoms with van der Waals surface area (Å²) in [4.78, 5) is 3.52. The van der Waals surface area contributed by atoms with Gasteiger partial charge in [-0.2, -0.15) is 0 Å². The van der Waals surface area contributed by atoms with Crippen molar-refractivity contribution in [2.75, 3.05) is 6.54 Å². The zero-order chi connectivity index (χ0) is 10.3. The lowest BCUT2D eigenvalue weighted by atomic mass is 9.86. The summed E-state index contributed by atoms with van der Waals surface area (Å²) >= 11 is 0. The summed E-state index contributed by atoms with van der Waals surface area (Å²) in [6.07, 6.45) is 3.54. The molecule has 0 bridgehead atoms. The highest BCUT2D eigenvalue weighted by molar-refractivity contribution is 5.84. The Morgan fingerprint density at radius 2 is 2.20 bits per heavy atom. The second-order valence-corrected chi connectivity index (χ2v) is 4.47. The fourth-order valence-corrected chi connectivity index (χ4v) is 2.64. The second kappa shape index (κ2) is 3.38. The molecule has 2 heteroatoms. The molecule has 2 nitrogen and oxygen atoms in total. The summed E-state index contributed by atoms with van der Waals surface area (Å²) < 4.78 is 0. The van der Waals surface area contributed by atoms with Crippen molar-refractivity contribution in [3.8, 4) is 0 Å². The monoisotopic (exact) mass is 200 g/mol. The third-order valence-electron chi connectivity index (χ3n) is 3.53. The number of nitrogens with one attached hydrogen (secondary N) is 1. The highest BCUT2D eigenvalue weighted by Gasteiger charge is 2.20. The van der Waals surface area contributed by atoms with Crippen LogP contribution < -0.4 is 5.73 Å². The molecule has 78 valence electrons. The van der Waals surface area contributed by atoms with Gasteiger partial charge in [0, 0.05) is 16.6 Å². The number of aromatic amines is 1. The maximum absolute atomic E-state index is 5.76. The molecule has 0 saturated heterocycles. The number of hydrogen-bond donors (Lipinski definition) is 2. The summed E-state index contributed by atoms with van der Waals surface area (Å²) in [5.74, 6) is 0.678. The van der Waals surface area contributed by atoms with E-state index < -0.39 is 0 Å². The summed E-state index contributed by atoms with van der Waals surface area (Å²) in [7, 11) is 0. The Hall–Kier alpha value is -1.28. The first-order chi connectivity index (χ1) is 7.38. The Bertz CT molecular complexity index is 484. The number of benzene rings is 1. The Balaban J connectivity index is 2.14. The predicted molar refractivity (Wildman–Crippen MR) is 62.9 cm³/mol. The van der Waals surface area contributed by atoms with E-state index in [1.165, 1.54) is 28.6 Å². The molecule has 0 amide bonds. The van der Waals surface area contributed by atoms with Crippen molar-refractivity contribution in [2.45, 2.75) is 19.3 Å². The van der Waals surface area contributed by atoms with Gasteiger partial charge in [0.1, 0.15) is 0 Å². The zero-order valence-corrected chi connectivity index (χ0v) is 8.79. The molecular formula is C13H16N2. The molecule has 0 radical (unpaired) electrons. The first-order valence-corrected chi connectivity index (χ1v) is 5.67. The molecule has 0 fully saturated rings. The van der Waals surface area contributed by atoms with Crippen molar-refractivity contribution >= 4 is 10.9 Å². The fraction of sp³-hybridized carbons (Fsp3) is 0.385. The quantitative estimate of drug-likeness (QED) is 0.728. The molecule has 1 aliphatic rings. The molecule has 0 aliphatic heterocycles. The van der Waals surface area contributed by atoms with Crippen molar-refractivity contribution < 1.29 is 0 Å². The Kier molecular flexibility index (Phi) is 2.03. The number of para-hydroxylation sites is 1. The van der Waals surface area contributed by atoms with Crippen LogP contribution in [0.25, 0.3) is 10.9 Å². The summed E-state index contributed by atoms with van der Waals surface area (Å²) in [6.45, 7) is 0.818. The lowest BCUT2D eigenvalue weighted by molar-refractivity contribution is 0.468. The number of fused-ring (bicyclic) bond motifs is 3. The molecule has 1 aromatic carbocycles. The van der Waals surface area contributed by atoms with E-state index in [1.54, 1.807) is 0 Å². The fourth-order valence-electron chi connectivity index (χ4n) is 2.64. The topological polar surface area (TPSA) is 41.8 Å². The van der Waals surface area contributed by atoms with E-state index in [9.17, 15) is 0 Å². The van der Waals surface area contributed by atoms with Gasteiger partial charge in [0.15, 0.2) is 0 Å². The van der Waals surface area contributed by atoms with Crippen LogP contribution in [0, 0.1) is 5.92 Å². The molecule has 1 aliphatic carbocycles. The van der Waals surface area contributed by atoms with Crippen LogP contribution >= 0.6 is 0 Å². The van der Waals surface area contributed by atoms with E-state index >= 15 is 0 Å². The SMILES string of the molecule is NC[C@H]1CCc2[nH]c3ccccc3c2C1. The van der Waals surface area contributed by atoms with Crippen LogP contribution in [0.2, 0.25) is 0 Å². The Morgan fingerprint density at radius 3 is 3.07 bits per heavy atom. The molecule has 15 heavy (non-hydrogen) atoms. The lowest BCUT2D eigenvalue weighted by Crippen LogP contribution is -2.21. The van der Waals surface area contributed by atoms with Gasteiger partial charge in [-0.3, -0.25) is 0 Å². The highest BCUT2D eigenvalue weighted by atomic mass is 14.7. The first kappa shape index (κ1) is 8.98. The largest absolute Gasteiger partial charge is 0.358 e. The van der Waals surface area contributed by atoms with E-state index in [0.29, 0.717) is 5.92 Å². The third kappa shape index (κ3) is 1.37. The average molecular weight is 200 g/mol.